The minimum absolute atomic E-state index is 0. The van der Waals surface area contributed by atoms with Crippen LogP contribution in [0.15, 0.2) is 24.4 Å². The van der Waals surface area contributed by atoms with Crippen LogP contribution in [-0.4, -0.2) is 28.6 Å². The van der Waals surface area contributed by atoms with Crippen molar-refractivity contribution in [2.75, 3.05) is 12.9 Å². The smallest absolute Gasteiger partial charge is 0.402 e. The molecule has 5 nitrogen and oxygen atoms in total. The topological polar surface area (TPSA) is 58.9 Å². The molecular formula is C34H50ClN3O2S2. The average Bonchev–Trinajstić information content (AvgIpc) is 3.42. The van der Waals surface area contributed by atoms with Gasteiger partial charge in [0.05, 0.1) is 19.1 Å². The predicted octanol–water partition coefficient (Wildman–Crippen LogP) is 6.10. The maximum atomic E-state index is 13.2. The van der Waals surface area contributed by atoms with Crippen molar-refractivity contribution in [1.82, 2.24) is 9.97 Å². The molecule has 0 atom stereocenters. The van der Waals surface area contributed by atoms with Crippen molar-refractivity contribution in [3.8, 4) is 11.7 Å². The Hall–Kier alpha value is -1.70. The molecule has 3 aromatic rings. The lowest BCUT2D eigenvalue weighted by atomic mass is 9.80. The molecular weight excluding hydrogens is 582 g/mol. The number of pyridine rings is 1. The third-order valence-electron chi connectivity index (χ3n) is 8.87. The van der Waals surface area contributed by atoms with Crippen LogP contribution in [0.1, 0.15) is 121 Å². The minimum Gasteiger partial charge on any atom is -1.00 e. The third kappa shape index (κ3) is 7.50. The van der Waals surface area contributed by atoms with Gasteiger partial charge in [-0.25, -0.2) is 9.55 Å². The summed E-state index contributed by atoms with van der Waals surface area (Å²) in [5.41, 5.74) is 5.36. The lowest BCUT2D eigenvalue weighted by Crippen LogP contribution is -3.00. The Balaban J connectivity index is 0.00000484. The highest BCUT2D eigenvalue weighted by atomic mass is 35.5. The molecule has 2 aromatic heterocycles. The molecule has 232 valence electrons. The van der Waals surface area contributed by atoms with E-state index in [1.54, 1.807) is 7.11 Å². The Kier molecular flexibility index (Phi) is 12.7. The first-order valence-electron chi connectivity index (χ1n) is 15.6. The van der Waals surface area contributed by atoms with E-state index in [1.165, 1.54) is 75.7 Å². The van der Waals surface area contributed by atoms with E-state index < -0.39 is 10.8 Å². The zero-order valence-electron chi connectivity index (χ0n) is 26.7. The number of carbonyl (C=O) groups excluding carboxylic acids is 1. The molecule has 1 aromatic carbocycles. The van der Waals surface area contributed by atoms with Crippen molar-refractivity contribution < 1.29 is 26.5 Å². The normalized spacial score (nSPS) is 15.2. The quantitative estimate of drug-likeness (QED) is 0.118. The molecule has 42 heavy (non-hydrogen) atoms. The van der Waals surface area contributed by atoms with Gasteiger partial charge < -0.3 is 17.1 Å². The minimum atomic E-state index is -0.511. The van der Waals surface area contributed by atoms with Crippen LogP contribution in [0.2, 0.25) is 0 Å². The van der Waals surface area contributed by atoms with E-state index in [2.05, 4.69) is 41.7 Å². The summed E-state index contributed by atoms with van der Waals surface area (Å²) in [6.45, 7) is 12.6. The molecule has 0 fully saturated rings. The average molecular weight is 632 g/mol. The van der Waals surface area contributed by atoms with Gasteiger partial charge in [-0.05, 0) is 64.3 Å². The second kappa shape index (κ2) is 15.3. The molecule has 8 heteroatoms. The molecule has 0 aliphatic heterocycles. The standard InChI is InChI=1S/C34H50N3O2S2.ClH/c1-8-9-10-11-12-13-14-15-16-17-20-40-41-23-29-24(2)30(39-7)18-19-37(29)32-35-27-21-25-26(22-28(27)36-32)34(5,6)31(38)33(25,3)4;/h18-19,21-22H,8-17,20,23H2,1-7H3,(H,35,36);1H/q+1;/p-1. The number of methoxy groups -OCH3 is 1. The van der Waals surface area contributed by atoms with Crippen LogP contribution in [0.25, 0.3) is 17.0 Å². The van der Waals surface area contributed by atoms with Gasteiger partial charge in [0.15, 0.2) is 11.3 Å². The van der Waals surface area contributed by atoms with E-state index in [-0.39, 0.29) is 18.2 Å². The first kappa shape index (κ1) is 34.8. The number of ether oxygens (including phenoxy) is 1. The van der Waals surface area contributed by atoms with Gasteiger partial charge in [-0.1, -0.05) is 91.3 Å². The molecule has 0 amide bonds. The number of rotatable bonds is 16. The molecule has 0 bridgehead atoms. The summed E-state index contributed by atoms with van der Waals surface area (Å²) in [4.78, 5) is 21.7. The zero-order chi connectivity index (χ0) is 29.6. The first-order chi connectivity index (χ1) is 19.6. The fourth-order valence-corrected chi connectivity index (χ4v) is 8.58. The number of ketones is 1. The van der Waals surface area contributed by atoms with E-state index in [0.29, 0.717) is 0 Å². The highest BCUT2D eigenvalue weighted by Gasteiger charge is 2.50. The summed E-state index contributed by atoms with van der Waals surface area (Å²) in [7, 11) is 5.62. The van der Waals surface area contributed by atoms with Crippen LogP contribution >= 0.6 is 21.6 Å². The summed E-state index contributed by atoms with van der Waals surface area (Å²) < 4.78 is 7.84. The molecule has 0 spiro atoms. The van der Waals surface area contributed by atoms with E-state index in [1.807, 2.05) is 55.3 Å². The van der Waals surface area contributed by atoms with Gasteiger partial charge in [0.25, 0.3) is 0 Å². The zero-order valence-corrected chi connectivity index (χ0v) is 29.1. The number of halogens is 1. The molecule has 0 saturated carbocycles. The monoisotopic (exact) mass is 631 g/mol. The predicted molar refractivity (Wildman–Crippen MR) is 176 cm³/mol. The Labute approximate surface area is 267 Å². The van der Waals surface area contributed by atoms with Gasteiger partial charge in [0.2, 0.25) is 0 Å². The van der Waals surface area contributed by atoms with Crippen molar-refractivity contribution in [2.45, 2.75) is 122 Å². The molecule has 2 heterocycles. The summed E-state index contributed by atoms with van der Waals surface area (Å²) in [6.07, 6.45) is 15.8. The Morgan fingerprint density at radius 2 is 1.50 bits per heavy atom. The van der Waals surface area contributed by atoms with E-state index in [9.17, 15) is 4.79 Å². The number of hydrogen-bond donors (Lipinski definition) is 1. The lowest BCUT2D eigenvalue weighted by molar-refractivity contribution is -0.610. The van der Waals surface area contributed by atoms with Crippen molar-refractivity contribution in [1.29, 1.82) is 0 Å². The van der Waals surface area contributed by atoms with Crippen LogP contribution in [-0.2, 0) is 21.4 Å². The lowest BCUT2D eigenvalue weighted by Gasteiger charge is -2.21. The summed E-state index contributed by atoms with van der Waals surface area (Å²) in [5, 5.41) is 0. The number of Topliss-reactive ketones (excluding diaryl/α,β-unsaturated/α-hetero) is 1. The van der Waals surface area contributed by atoms with E-state index >= 15 is 0 Å². The molecule has 1 aliphatic carbocycles. The number of H-pyrrole nitrogens is 1. The number of nitrogens with zero attached hydrogens (tertiary/aromatic N) is 2. The Bertz CT molecular complexity index is 1300. The fraction of sp³-hybridized carbons (Fsp3) is 0.618. The molecule has 0 unspecified atom stereocenters. The summed E-state index contributed by atoms with van der Waals surface area (Å²) >= 11 is 0. The molecule has 4 rings (SSSR count). The van der Waals surface area contributed by atoms with Crippen molar-refractivity contribution in [3.63, 3.8) is 0 Å². The van der Waals surface area contributed by atoms with Crippen LogP contribution in [0, 0.1) is 6.92 Å². The van der Waals surface area contributed by atoms with Gasteiger partial charge >= 0.3 is 5.95 Å². The van der Waals surface area contributed by atoms with E-state index in [4.69, 9.17) is 9.72 Å². The van der Waals surface area contributed by atoms with Gasteiger partial charge in [-0.2, -0.15) is 0 Å². The number of aromatic nitrogens is 3. The highest BCUT2D eigenvalue weighted by Crippen LogP contribution is 2.47. The number of nitrogens with one attached hydrogen (secondary N) is 1. The summed E-state index contributed by atoms with van der Waals surface area (Å²) in [6, 6.07) is 6.27. The Morgan fingerprint density at radius 3 is 2.12 bits per heavy atom. The van der Waals surface area contributed by atoms with Crippen LogP contribution in [0.5, 0.6) is 5.75 Å². The van der Waals surface area contributed by atoms with Crippen LogP contribution in [0.4, 0.5) is 0 Å². The summed E-state index contributed by atoms with van der Waals surface area (Å²) in [5.74, 6) is 4.01. The van der Waals surface area contributed by atoms with Gasteiger partial charge in [0.1, 0.15) is 17.0 Å². The van der Waals surface area contributed by atoms with Crippen molar-refractivity contribution >= 4 is 38.4 Å². The van der Waals surface area contributed by atoms with E-state index in [0.717, 1.165) is 45.2 Å². The first-order valence-corrected chi connectivity index (χ1v) is 18.0. The molecule has 0 radical (unpaired) electrons. The second-order valence-corrected chi connectivity index (χ2v) is 15.2. The van der Waals surface area contributed by atoms with Crippen molar-refractivity contribution in [3.05, 3.63) is 46.8 Å². The maximum Gasteiger partial charge on any atom is 0.402 e. The van der Waals surface area contributed by atoms with Gasteiger partial charge in [-0.15, -0.1) is 0 Å². The number of imidazole rings is 1. The SMILES string of the molecule is CCCCCCCCCCCCSSCc1c(C)c(OC)cc[n+]1-c1nc2cc3c(cc2[nH]1)C(C)(C)C(=O)C3(C)C.[Cl-]. The Morgan fingerprint density at radius 1 is 0.905 bits per heavy atom. The van der Waals surface area contributed by atoms with Gasteiger partial charge in [-0.3, -0.25) is 4.79 Å². The second-order valence-electron chi connectivity index (χ2n) is 12.6. The molecule has 0 saturated heterocycles. The number of carbonyl (C=O) groups is 1. The number of hydrogen-bond acceptors (Lipinski definition) is 5. The van der Waals surface area contributed by atoms with Gasteiger partial charge in [0, 0.05) is 28.2 Å². The largest absolute Gasteiger partial charge is 1.00 e. The van der Waals surface area contributed by atoms with Crippen molar-refractivity contribution in [2.24, 2.45) is 0 Å². The maximum absolute atomic E-state index is 13.2. The fourth-order valence-electron chi connectivity index (χ4n) is 6.30. The molecule has 1 N–H and O–H groups in total. The molecule has 1 aliphatic rings. The number of benzene rings is 1. The highest BCUT2D eigenvalue weighted by molar-refractivity contribution is 8.76. The number of aromatic amines is 1. The number of fused-ring (bicyclic) bond motifs is 2. The van der Waals surface area contributed by atoms with Crippen LogP contribution in [0.3, 0.4) is 0 Å². The third-order valence-corrected chi connectivity index (χ3v) is 11.2. The number of unbranched alkanes of at least 4 members (excludes halogenated alkanes) is 9. The van der Waals surface area contributed by atoms with Crippen LogP contribution < -0.4 is 21.7 Å².